The zero-order valence-corrected chi connectivity index (χ0v) is 9.60. The fourth-order valence-corrected chi connectivity index (χ4v) is 1.72. The first-order chi connectivity index (χ1) is 7.43. The maximum atomic E-state index is 5.58. The number of nitrogens with zero attached hydrogens (tertiary/aromatic N) is 1. The van der Waals surface area contributed by atoms with E-state index in [0.717, 1.165) is 65.4 Å². The molecule has 1 heterocycles. The van der Waals surface area contributed by atoms with Gasteiger partial charge in [0.15, 0.2) is 0 Å². The van der Waals surface area contributed by atoms with Crippen LogP contribution in [0.3, 0.4) is 0 Å². The Morgan fingerprint density at radius 3 is 1.73 bits per heavy atom. The van der Waals surface area contributed by atoms with Crippen LogP contribution in [0, 0.1) is 0 Å². The Hall–Kier alpha value is -0.200. The largest absolute Gasteiger partial charge is 0.329 e. The quantitative estimate of drug-likeness (QED) is 0.430. The van der Waals surface area contributed by atoms with Crippen molar-refractivity contribution >= 4 is 0 Å². The summed E-state index contributed by atoms with van der Waals surface area (Å²) in [6.45, 7) is 10.3. The summed E-state index contributed by atoms with van der Waals surface area (Å²) in [5.74, 6) is 0. The second kappa shape index (κ2) is 9.06. The van der Waals surface area contributed by atoms with Crippen LogP contribution in [-0.4, -0.2) is 70.3 Å². The highest BCUT2D eigenvalue weighted by molar-refractivity contribution is 4.64. The molecule has 5 N–H and O–H groups in total. The van der Waals surface area contributed by atoms with E-state index in [1.54, 1.807) is 0 Å². The molecule has 1 aliphatic rings. The van der Waals surface area contributed by atoms with Crippen molar-refractivity contribution in [1.82, 2.24) is 20.9 Å². The molecule has 0 aromatic carbocycles. The van der Waals surface area contributed by atoms with Crippen molar-refractivity contribution in [3.8, 4) is 0 Å². The van der Waals surface area contributed by atoms with Crippen LogP contribution in [-0.2, 0) is 0 Å². The van der Waals surface area contributed by atoms with Crippen LogP contribution >= 0.6 is 0 Å². The SMILES string of the molecule is NCCN1CCNCCNCCNCC1. The van der Waals surface area contributed by atoms with E-state index in [0.29, 0.717) is 0 Å². The first-order valence-corrected chi connectivity index (χ1v) is 5.98. The Morgan fingerprint density at radius 2 is 1.27 bits per heavy atom. The molecule has 5 nitrogen and oxygen atoms in total. The predicted octanol–water partition coefficient (Wildman–Crippen LogP) is -1.97. The van der Waals surface area contributed by atoms with E-state index in [1.165, 1.54) is 0 Å². The summed E-state index contributed by atoms with van der Waals surface area (Å²) in [4.78, 5) is 2.41. The van der Waals surface area contributed by atoms with Gasteiger partial charge in [0.25, 0.3) is 0 Å². The van der Waals surface area contributed by atoms with Gasteiger partial charge in [-0.25, -0.2) is 0 Å². The van der Waals surface area contributed by atoms with Crippen LogP contribution in [0.1, 0.15) is 0 Å². The van der Waals surface area contributed by atoms with Crippen LogP contribution < -0.4 is 21.7 Å². The molecule has 0 spiro atoms. The zero-order chi connectivity index (χ0) is 10.8. The van der Waals surface area contributed by atoms with Crippen LogP contribution in [0.4, 0.5) is 0 Å². The van der Waals surface area contributed by atoms with Gasteiger partial charge in [0.1, 0.15) is 0 Å². The Balaban J connectivity index is 2.19. The summed E-state index contributed by atoms with van der Waals surface area (Å²) in [6, 6.07) is 0. The standard InChI is InChI=1S/C10H25N5/c11-1-8-15-9-6-13-4-2-12-3-5-14-7-10-15/h12-14H,1-11H2. The van der Waals surface area contributed by atoms with E-state index in [2.05, 4.69) is 20.9 Å². The average Bonchev–Trinajstić information content (AvgIpc) is 2.22. The van der Waals surface area contributed by atoms with Gasteiger partial charge in [-0.15, -0.1) is 0 Å². The molecule has 0 saturated carbocycles. The van der Waals surface area contributed by atoms with Gasteiger partial charge in [0.05, 0.1) is 0 Å². The molecule has 90 valence electrons. The molecule has 0 radical (unpaired) electrons. The highest BCUT2D eigenvalue weighted by atomic mass is 15.2. The van der Waals surface area contributed by atoms with Crippen molar-refractivity contribution in [2.45, 2.75) is 0 Å². The van der Waals surface area contributed by atoms with Gasteiger partial charge in [-0.2, -0.15) is 0 Å². The van der Waals surface area contributed by atoms with Gasteiger partial charge in [-0.05, 0) is 0 Å². The minimum absolute atomic E-state index is 0.752. The lowest BCUT2D eigenvalue weighted by molar-refractivity contribution is 0.278. The maximum Gasteiger partial charge on any atom is 0.0108 e. The molecule has 0 bridgehead atoms. The maximum absolute atomic E-state index is 5.58. The summed E-state index contributed by atoms with van der Waals surface area (Å²) in [7, 11) is 0. The van der Waals surface area contributed by atoms with Crippen molar-refractivity contribution in [1.29, 1.82) is 0 Å². The van der Waals surface area contributed by atoms with Gasteiger partial charge < -0.3 is 21.7 Å². The van der Waals surface area contributed by atoms with E-state index in [1.807, 2.05) is 0 Å². The first kappa shape index (κ1) is 12.9. The second-order valence-electron chi connectivity index (χ2n) is 3.88. The molecule has 5 heteroatoms. The van der Waals surface area contributed by atoms with E-state index in [-0.39, 0.29) is 0 Å². The van der Waals surface area contributed by atoms with Crippen molar-refractivity contribution in [3.63, 3.8) is 0 Å². The number of nitrogens with two attached hydrogens (primary N) is 1. The fourth-order valence-electron chi connectivity index (χ4n) is 1.72. The summed E-state index contributed by atoms with van der Waals surface area (Å²) in [5, 5.41) is 10.2. The lowest BCUT2D eigenvalue weighted by Gasteiger charge is -2.22. The normalized spacial score (nSPS) is 23.0. The van der Waals surface area contributed by atoms with Crippen molar-refractivity contribution in [2.75, 3.05) is 65.4 Å². The second-order valence-corrected chi connectivity index (χ2v) is 3.88. The van der Waals surface area contributed by atoms with Crippen molar-refractivity contribution in [3.05, 3.63) is 0 Å². The van der Waals surface area contributed by atoms with E-state index in [4.69, 9.17) is 5.73 Å². The van der Waals surface area contributed by atoms with E-state index in [9.17, 15) is 0 Å². The summed E-state index contributed by atoms with van der Waals surface area (Å²) in [6.07, 6.45) is 0. The number of hydrogen-bond acceptors (Lipinski definition) is 5. The Kier molecular flexibility index (Phi) is 7.77. The molecule has 0 amide bonds. The molecule has 0 unspecified atom stereocenters. The molecular formula is C10H25N5. The molecule has 1 rings (SSSR count). The van der Waals surface area contributed by atoms with Crippen molar-refractivity contribution < 1.29 is 0 Å². The van der Waals surface area contributed by atoms with E-state index < -0.39 is 0 Å². The third-order valence-corrected chi connectivity index (χ3v) is 2.61. The van der Waals surface area contributed by atoms with Gasteiger partial charge in [-0.1, -0.05) is 0 Å². The zero-order valence-electron chi connectivity index (χ0n) is 9.60. The minimum Gasteiger partial charge on any atom is -0.329 e. The molecule has 1 saturated heterocycles. The van der Waals surface area contributed by atoms with Crippen LogP contribution in [0.5, 0.6) is 0 Å². The molecular weight excluding hydrogens is 190 g/mol. The average molecular weight is 215 g/mol. The summed E-state index contributed by atoms with van der Waals surface area (Å²) >= 11 is 0. The van der Waals surface area contributed by atoms with Gasteiger partial charge in [0.2, 0.25) is 0 Å². The highest BCUT2D eigenvalue weighted by Gasteiger charge is 2.03. The summed E-state index contributed by atoms with van der Waals surface area (Å²) in [5.41, 5.74) is 5.58. The summed E-state index contributed by atoms with van der Waals surface area (Å²) < 4.78 is 0. The topological polar surface area (TPSA) is 65.3 Å². The Bertz CT molecular complexity index is 130. The predicted molar refractivity (Wildman–Crippen MR) is 64.1 cm³/mol. The van der Waals surface area contributed by atoms with Gasteiger partial charge in [0, 0.05) is 65.4 Å². The number of rotatable bonds is 2. The lowest BCUT2D eigenvalue weighted by Crippen LogP contribution is -2.43. The minimum atomic E-state index is 0.752. The van der Waals surface area contributed by atoms with Crippen LogP contribution in [0.15, 0.2) is 0 Å². The smallest absolute Gasteiger partial charge is 0.0108 e. The van der Waals surface area contributed by atoms with Crippen LogP contribution in [0.2, 0.25) is 0 Å². The first-order valence-electron chi connectivity index (χ1n) is 5.98. The van der Waals surface area contributed by atoms with Gasteiger partial charge in [-0.3, -0.25) is 4.90 Å². The molecule has 0 aromatic heterocycles. The van der Waals surface area contributed by atoms with E-state index >= 15 is 0 Å². The molecule has 0 aliphatic carbocycles. The molecule has 1 fully saturated rings. The third-order valence-electron chi connectivity index (χ3n) is 2.61. The van der Waals surface area contributed by atoms with Crippen LogP contribution in [0.25, 0.3) is 0 Å². The molecule has 0 atom stereocenters. The Labute approximate surface area is 92.8 Å². The molecule has 1 aliphatic heterocycles. The Morgan fingerprint density at radius 1 is 0.800 bits per heavy atom. The lowest BCUT2D eigenvalue weighted by atomic mass is 10.4. The molecule has 15 heavy (non-hydrogen) atoms. The third kappa shape index (κ3) is 6.81. The fraction of sp³-hybridized carbons (Fsp3) is 1.00. The number of nitrogens with one attached hydrogen (secondary N) is 3. The van der Waals surface area contributed by atoms with Crippen molar-refractivity contribution in [2.24, 2.45) is 5.73 Å². The number of hydrogen-bond donors (Lipinski definition) is 4. The van der Waals surface area contributed by atoms with Gasteiger partial charge >= 0.3 is 0 Å². The monoisotopic (exact) mass is 215 g/mol. The molecule has 0 aromatic rings. The highest BCUT2D eigenvalue weighted by Crippen LogP contribution is 1.85.